The second-order valence-electron chi connectivity index (χ2n) is 9.32. The molecule has 0 fully saturated rings. The molecule has 3 heterocycles. The van der Waals surface area contributed by atoms with Crippen molar-refractivity contribution in [2.24, 2.45) is 10.3 Å². The van der Waals surface area contributed by atoms with E-state index in [9.17, 15) is 13.6 Å². The molecule has 3 aromatic carbocycles. The van der Waals surface area contributed by atoms with E-state index in [4.69, 9.17) is 23.8 Å². The van der Waals surface area contributed by atoms with Gasteiger partial charge in [0.1, 0.15) is 23.4 Å². The zero-order valence-corrected chi connectivity index (χ0v) is 22.0. The number of carbonyl (C=O) groups is 1. The van der Waals surface area contributed by atoms with Gasteiger partial charge in [-0.2, -0.15) is 5.10 Å². The summed E-state index contributed by atoms with van der Waals surface area (Å²) in [6.45, 7) is -0.0302. The van der Waals surface area contributed by atoms with Gasteiger partial charge in [-0.15, -0.1) is 0 Å². The number of benzene rings is 3. The topological polar surface area (TPSA) is 116 Å². The van der Waals surface area contributed by atoms with Gasteiger partial charge in [0.25, 0.3) is 5.91 Å². The minimum absolute atomic E-state index is 0.0302. The lowest BCUT2D eigenvalue weighted by atomic mass is 9.95. The number of H-pyrrole nitrogens is 1. The van der Waals surface area contributed by atoms with Crippen LogP contribution in [0.15, 0.2) is 58.8 Å². The van der Waals surface area contributed by atoms with Crippen LogP contribution in [0.1, 0.15) is 33.6 Å². The monoisotopic (exact) mass is 562 g/mol. The van der Waals surface area contributed by atoms with Crippen LogP contribution in [0.2, 0.25) is 0 Å². The molecule has 1 atom stereocenters. The number of carbonyl (C=O) groups excluding carboxylic acids is 1. The fourth-order valence-corrected chi connectivity index (χ4v) is 4.91. The van der Waals surface area contributed by atoms with Crippen LogP contribution in [0.25, 0.3) is 10.9 Å². The van der Waals surface area contributed by atoms with Crippen molar-refractivity contribution in [3.05, 3.63) is 82.5 Å². The number of hydrogen-bond donors (Lipinski definition) is 2. The second kappa shape index (κ2) is 10.8. The lowest BCUT2D eigenvalue weighted by molar-refractivity contribution is 0.0853. The summed E-state index contributed by atoms with van der Waals surface area (Å²) in [5.74, 6) is 0.198. The Morgan fingerprint density at radius 3 is 2.56 bits per heavy atom. The predicted octanol–water partition coefficient (Wildman–Crippen LogP) is 4.69. The number of aromatic nitrogens is 1. The number of aromatic amines is 1. The average Bonchev–Trinajstić information content (AvgIpc) is 3.73. The van der Waals surface area contributed by atoms with Gasteiger partial charge in [-0.1, -0.05) is 17.3 Å². The van der Waals surface area contributed by atoms with E-state index in [1.54, 1.807) is 18.2 Å². The molecule has 1 aromatic heterocycles. The summed E-state index contributed by atoms with van der Waals surface area (Å²) in [5, 5.41) is 8.93. The first-order valence-corrected chi connectivity index (χ1v) is 12.6. The molecule has 0 aliphatic carbocycles. The molecule has 2 N–H and O–H groups in total. The number of rotatable bonds is 8. The van der Waals surface area contributed by atoms with Crippen molar-refractivity contribution in [3.63, 3.8) is 0 Å². The summed E-state index contributed by atoms with van der Waals surface area (Å²) in [6, 6.07) is 11.8. The third-order valence-corrected chi connectivity index (χ3v) is 6.81. The van der Waals surface area contributed by atoms with Crippen LogP contribution < -0.4 is 24.4 Å². The first-order chi connectivity index (χ1) is 19.9. The Kier molecular flexibility index (Phi) is 6.88. The zero-order chi connectivity index (χ0) is 28.5. The van der Waals surface area contributed by atoms with Gasteiger partial charge in [0.15, 0.2) is 11.5 Å². The molecular weight excluding hydrogens is 538 g/mol. The van der Waals surface area contributed by atoms with E-state index in [1.807, 2.05) is 0 Å². The van der Waals surface area contributed by atoms with E-state index in [2.05, 4.69) is 20.7 Å². The van der Waals surface area contributed by atoms with Crippen molar-refractivity contribution in [1.29, 1.82) is 0 Å². The predicted molar refractivity (Wildman–Crippen MR) is 145 cm³/mol. The van der Waals surface area contributed by atoms with Gasteiger partial charge in [0.05, 0.1) is 26.1 Å². The fraction of sp³-hybridized carbons (Fsp3) is 0.207. The molecule has 10 nitrogen and oxygen atoms in total. The maximum atomic E-state index is 13.6. The molecule has 0 saturated heterocycles. The van der Waals surface area contributed by atoms with E-state index < -0.39 is 11.7 Å². The molecule has 0 spiro atoms. The number of fused-ring (bicyclic) bond motifs is 2. The molecule has 0 bridgehead atoms. The van der Waals surface area contributed by atoms with Crippen LogP contribution in [0.5, 0.6) is 23.0 Å². The SMILES string of the molecule is COc1c(/C=N/NC(=O)c2cc3cc(F)ccc3[nH]2)c(CC2CC(c3ccc(F)cc3)=NO2)c(OC)c2c1OCO2. The van der Waals surface area contributed by atoms with E-state index in [1.165, 1.54) is 50.8 Å². The maximum Gasteiger partial charge on any atom is 0.287 e. The largest absolute Gasteiger partial charge is 0.492 e. The summed E-state index contributed by atoms with van der Waals surface area (Å²) < 4.78 is 49.7. The number of halogens is 2. The standard InChI is InChI=1S/C29H24F2N4O6/c1-37-25-20(11-19-12-23(35-41-19)15-3-5-17(30)6-4-15)21(26(38-2)28-27(25)39-14-40-28)13-32-34-29(36)24-10-16-9-18(31)7-8-22(16)33-24/h3-10,13,19,33H,11-12,14H2,1-2H3,(H,34,36)/b32-13+. The van der Waals surface area contributed by atoms with Gasteiger partial charge < -0.3 is 28.8 Å². The van der Waals surface area contributed by atoms with E-state index in [0.717, 1.165) is 5.56 Å². The number of hydrazone groups is 1. The summed E-state index contributed by atoms with van der Waals surface area (Å²) in [6.07, 6.45) is 1.81. The first-order valence-electron chi connectivity index (χ1n) is 12.6. The van der Waals surface area contributed by atoms with Crippen LogP contribution in [0.4, 0.5) is 8.78 Å². The van der Waals surface area contributed by atoms with Crippen molar-refractivity contribution < 1.29 is 37.4 Å². The number of hydrogen-bond acceptors (Lipinski definition) is 8. The molecule has 2 aliphatic rings. The van der Waals surface area contributed by atoms with Gasteiger partial charge in [-0.3, -0.25) is 4.79 Å². The van der Waals surface area contributed by atoms with Crippen LogP contribution in [-0.2, 0) is 11.3 Å². The summed E-state index contributed by atoms with van der Waals surface area (Å²) >= 11 is 0. The Morgan fingerprint density at radius 1 is 1.07 bits per heavy atom. The van der Waals surface area contributed by atoms with Crippen molar-refractivity contribution in [1.82, 2.24) is 10.4 Å². The molecule has 4 aromatic rings. The normalized spacial score (nSPS) is 15.7. The molecular formula is C29H24F2N4O6. The smallest absolute Gasteiger partial charge is 0.287 e. The number of nitrogens with one attached hydrogen (secondary N) is 2. The van der Waals surface area contributed by atoms with Crippen molar-refractivity contribution >= 4 is 28.7 Å². The van der Waals surface area contributed by atoms with Gasteiger partial charge in [-0.25, -0.2) is 14.2 Å². The number of nitrogens with zero attached hydrogens (tertiary/aromatic N) is 2. The molecule has 6 rings (SSSR count). The van der Waals surface area contributed by atoms with E-state index in [0.29, 0.717) is 63.6 Å². The molecule has 1 amide bonds. The zero-order valence-electron chi connectivity index (χ0n) is 22.0. The molecule has 0 saturated carbocycles. The van der Waals surface area contributed by atoms with Crippen molar-refractivity contribution in [3.8, 4) is 23.0 Å². The third kappa shape index (κ3) is 4.99. The highest BCUT2D eigenvalue weighted by atomic mass is 19.1. The number of ether oxygens (including phenoxy) is 4. The van der Waals surface area contributed by atoms with E-state index in [-0.39, 0.29) is 24.4 Å². The molecule has 12 heteroatoms. The van der Waals surface area contributed by atoms with Crippen LogP contribution in [0.3, 0.4) is 0 Å². The Hall–Kier alpha value is -5.13. The molecule has 210 valence electrons. The number of methoxy groups -OCH3 is 2. The highest BCUT2D eigenvalue weighted by molar-refractivity contribution is 6.01. The summed E-state index contributed by atoms with van der Waals surface area (Å²) in [7, 11) is 2.99. The first kappa shape index (κ1) is 26.1. The Bertz CT molecular complexity index is 1700. The van der Waals surface area contributed by atoms with Crippen LogP contribution in [-0.4, -0.2) is 49.9 Å². The highest BCUT2D eigenvalue weighted by Crippen LogP contribution is 2.52. The van der Waals surface area contributed by atoms with Crippen molar-refractivity contribution in [2.75, 3.05) is 21.0 Å². The minimum Gasteiger partial charge on any atom is -0.492 e. The maximum absolute atomic E-state index is 13.6. The van der Waals surface area contributed by atoms with Crippen LogP contribution in [0, 0.1) is 11.6 Å². The number of amides is 1. The third-order valence-electron chi connectivity index (χ3n) is 6.81. The lowest BCUT2D eigenvalue weighted by Crippen LogP contribution is -2.19. The molecule has 0 radical (unpaired) electrons. The Balaban J connectivity index is 1.28. The van der Waals surface area contributed by atoms with Crippen molar-refractivity contribution in [2.45, 2.75) is 18.9 Å². The Labute approximate surface area is 232 Å². The van der Waals surface area contributed by atoms with Gasteiger partial charge in [0, 0.05) is 34.9 Å². The number of oxime groups is 1. The Morgan fingerprint density at radius 2 is 1.80 bits per heavy atom. The molecule has 1 unspecified atom stereocenters. The summed E-state index contributed by atoms with van der Waals surface area (Å²) in [5.41, 5.74) is 5.86. The fourth-order valence-electron chi connectivity index (χ4n) is 4.91. The van der Waals surface area contributed by atoms with Crippen LogP contribution >= 0.6 is 0 Å². The average molecular weight is 563 g/mol. The van der Waals surface area contributed by atoms with Gasteiger partial charge in [-0.05, 0) is 42.0 Å². The highest BCUT2D eigenvalue weighted by Gasteiger charge is 2.34. The lowest BCUT2D eigenvalue weighted by Gasteiger charge is -2.19. The van der Waals surface area contributed by atoms with E-state index >= 15 is 0 Å². The minimum atomic E-state index is -0.525. The summed E-state index contributed by atoms with van der Waals surface area (Å²) in [4.78, 5) is 21.5. The molecule has 2 aliphatic heterocycles. The quantitative estimate of drug-likeness (QED) is 0.238. The van der Waals surface area contributed by atoms with Gasteiger partial charge >= 0.3 is 0 Å². The molecule has 41 heavy (non-hydrogen) atoms. The van der Waals surface area contributed by atoms with Gasteiger partial charge in [0.2, 0.25) is 18.3 Å². The second-order valence-corrected chi connectivity index (χ2v) is 9.32.